The van der Waals surface area contributed by atoms with Crippen molar-refractivity contribution in [1.82, 2.24) is 10.9 Å². The third-order valence-electron chi connectivity index (χ3n) is 5.37. The van der Waals surface area contributed by atoms with E-state index in [0.29, 0.717) is 4.88 Å². The normalized spacial score (nSPS) is 27.2. The Morgan fingerprint density at radius 3 is 2.28 bits per heavy atom. The predicted molar refractivity (Wildman–Crippen MR) is 93.9 cm³/mol. The van der Waals surface area contributed by atoms with E-state index in [1.165, 1.54) is 11.3 Å². The molecule has 3 rings (SSSR count). The van der Waals surface area contributed by atoms with Crippen molar-refractivity contribution >= 4 is 29.1 Å². The van der Waals surface area contributed by atoms with E-state index < -0.39 is 23.7 Å². The van der Waals surface area contributed by atoms with Crippen molar-refractivity contribution in [3.63, 3.8) is 0 Å². The molecule has 2 bridgehead atoms. The van der Waals surface area contributed by atoms with E-state index in [0.717, 1.165) is 29.6 Å². The molecule has 0 unspecified atom stereocenters. The number of nitrogens with one attached hydrogen (secondary N) is 2. The van der Waals surface area contributed by atoms with E-state index in [2.05, 4.69) is 10.9 Å². The maximum atomic E-state index is 12.7. The molecule has 25 heavy (non-hydrogen) atoms. The number of carbonyl (C=O) groups excluding carboxylic acids is 2. The van der Waals surface area contributed by atoms with Gasteiger partial charge in [-0.05, 0) is 62.5 Å². The molecule has 6 nitrogen and oxygen atoms in total. The first kappa shape index (κ1) is 17.7. The minimum Gasteiger partial charge on any atom is -0.481 e. The van der Waals surface area contributed by atoms with Gasteiger partial charge in [0.25, 0.3) is 5.91 Å². The summed E-state index contributed by atoms with van der Waals surface area (Å²) in [5, 5.41) is 11.4. The Bertz CT molecular complexity index is 763. The number of carboxylic acid groups (broad SMARTS) is 1. The molecule has 0 saturated heterocycles. The highest BCUT2D eigenvalue weighted by atomic mass is 32.1. The summed E-state index contributed by atoms with van der Waals surface area (Å²) in [4.78, 5) is 37.1. The monoisotopic (exact) mass is 362 g/mol. The van der Waals surface area contributed by atoms with Gasteiger partial charge in [0.2, 0.25) is 5.91 Å². The fourth-order valence-electron chi connectivity index (χ4n) is 4.47. The molecular weight excluding hydrogens is 340 g/mol. The molecular formula is C18H22N2O4S. The van der Waals surface area contributed by atoms with Crippen molar-refractivity contribution in [2.45, 2.75) is 33.6 Å². The smallest absolute Gasteiger partial charge is 0.307 e. The number of hydrogen-bond acceptors (Lipinski definition) is 4. The summed E-state index contributed by atoms with van der Waals surface area (Å²) in [5.41, 5.74) is 7.94. The fourth-order valence-corrected chi connectivity index (χ4v) is 5.29. The molecule has 3 N–H and O–H groups in total. The zero-order valence-corrected chi connectivity index (χ0v) is 15.3. The lowest BCUT2D eigenvalue weighted by Gasteiger charge is -2.26. The van der Waals surface area contributed by atoms with E-state index in [1.807, 2.05) is 32.2 Å². The molecule has 2 aliphatic carbocycles. The minimum atomic E-state index is -0.938. The highest BCUT2D eigenvalue weighted by molar-refractivity contribution is 7.12. The quantitative estimate of drug-likeness (QED) is 0.569. The van der Waals surface area contributed by atoms with Crippen molar-refractivity contribution in [3.8, 4) is 0 Å². The highest BCUT2D eigenvalue weighted by Gasteiger charge is 2.57. The lowest BCUT2D eigenvalue weighted by Crippen LogP contribution is -2.48. The molecule has 7 heteroatoms. The van der Waals surface area contributed by atoms with Crippen LogP contribution in [0.15, 0.2) is 22.6 Å². The number of amides is 2. The molecule has 0 radical (unpaired) electrons. The number of hydrogen-bond donors (Lipinski definition) is 3. The zero-order chi connectivity index (χ0) is 18.3. The first-order valence-electron chi connectivity index (χ1n) is 8.37. The van der Waals surface area contributed by atoms with Gasteiger partial charge in [-0.2, -0.15) is 0 Å². The molecule has 2 aliphatic rings. The average Bonchev–Trinajstić information content (AvgIpc) is 3.24. The Morgan fingerprint density at radius 1 is 1.12 bits per heavy atom. The van der Waals surface area contributed by atoms with Gasteiger partial charge in [0.1, 0.15) is 0 Å². The van der Waals surface area contributed by atoms with E-state index in [-0.39, 0.29) is 17.7 Å². The molecule has 0 spiro atoms. The number of fused-ring (bicyclic) bond motifs is 2. The zero-order valence-electron chi connectivity index (χ0n) is 14.5. The number of thiophene rings is 1. The Morgan fingerprint density at radius 2 is 1.76 bits per heavy atom. The first-order valence-corrected chi connectivity index (χ1v) is 9.25. The van der Waals surface area contributed by atoms with Gasteiger partial charge in [0.15, 0.2) is 0 Å². The summed E-state index contributed by atoms with van der Waals surface area (Å²) in [6.45, 7) is 5.77. The van der Waals surface area contributed by atoms with Crippen molar-refractivity contribution in [2.75, 3.05) is 0 Å². The number of carbonyl (C=O) groups is 3. The highest BCUT2D eigenvalue weighted by Crippen LogP contribution is 2.57. The lowest BCUT2D eigenvalue weighted by atomic mass is 9.79. The standard InChI is InChI=1S/C18H22N2O4S/c1-8(2)12-10-4-5-11(12)14(18(23)24)13(10)16(21)19-20-17(22)15-9(3)6-7-25-15/h6-7,10-11,13-14H,4-5H2,1-3H3,(H,19,21)(H,20,22)(H,23,24)/t10-,11+,13-,14-/m0/s1. The van der Waals surface area contributed by atoms with Gasteiger partial charge in [0.05, 0.1) is 16.7 Å². The maximum Gasteiger partial charge on any atom is 0.307 e. The molecule has 2 amide bonds. The van der Waals surface area contributed by atoms with Crippen molar-refractivity contribution in [2.24, 2.45) is 23.7 Å². The van der Waals surface area contributed by atoms with E-state index >= 15 is 0 Å². The van der Waals surface area contributed by atoms with Crippen LogP contribution < -0.4 is 10.9 Å². The third kappa shape index (κ3) is 2.97. The van der Waals surface area contributed by atoms with Gasteiger partial charge in [-0.3, -0.25) is 25.2 Å². The second kappa shape index (κ2) is 6.63. The van der Waals surface area contributed by atoms with Crippen LogP contribution in [0, 0.1) is 30.6 Å². The van der Waals surface area contributed by atoms with Gasteiger partial charge in [0, 0.05) is 0 Å². The van der Waals surface area contributed by atoms with Gasteiger partial charge in [-0.1, -0.05) is 11.1 Å². The number of aliphatic carboxylic acids is 1. The SMILES string of the molecule is CC(C)=C1[C@H]2CC[C@@H]1[C@H](C(=O)NNC(=O)c1sccc1C)[C@H]2C(=O)O. The molecule has 0 aliphatic heterocycles. The van der Waals surface area contributed by atoms with Crippen LogP contribution in [0.2, 0.25) is 0 Å². The van der Waals surface area contributed by atoms with Crippen LogP contribution in [0.25, 0.3) is 0 Å². The van der Waals surface area contributed by atoms with Crippen LogP contribution in [0.5, 0.6) is 0 Å². The average molecular weight is 362 g/mol. The minimum absolute atomic E-state index is 0.0449. The first-order chi connectivity index (χ1) is 11.8. The van der Waals surface area contributed by atoms with E-state index in [9.17, 15) is 19.5 Å². The number of hydrazine groups is 1. The molecule has 1 aromatic rings. The summed E-state index contributed by atoms with van der Waals surface area (Å²) in [7, 11) is 0. The topological polar surface area (TPSA) is 95.5 Å². The Kier molecular flexibility index (Phi) is 4.69. The summed E-state index contributed by atoms with van der Waals surface area (Å²) >= 11 is 1.30. The van der Waals surface area contributed by atoms with E-state index in [1.54, 1.807) is 0 Å². The molecule has 1 heterocycles. The van der Waals surface area contributed by atoms with Crippen LogP contribution in [0.4, 0.5) is 0 Å². The largest absolute Gasteiger partial charge is 0.481 e. The van der Waals surface area contributed by atoms with Crippen LogP contribution >= 0.6 is 11.3 Å². The molecule has 2 fully saturated rings. The fraction of sp³-hybridized carbons (Fsp3) is 0.500. The predicted octanol–water partition coefficient (Wildman–Crippen LogP) is 2.51. The molecule has 0 aromatic carbocycles. The van der Waals surface area contributed by atoms with Crippen molar-refractivity contribution in [3.05, 3.63) is 33.0 Å². The number of aryl methyl sites for hydroxylation is 1. The molecule has 1 aromatic heterocycles. The maximum absolute atomic E-state index is 12.7. The van der Waals surface area contributed by atoms with E-state index in [4.69, 9.17) is 0 Å². The van der Waals surface area contributed by atoms with Crippen LogP contribution in [-0.2, 0) is 9.59 Å². The van der Waals surface area contributed by atoms with Crippen molar-refractivity contribution in [1.29, 1.82) is 0 Å². The van der Waals surface area contributed by atoms with Gasteiger partial charge < -0.3 is 5.11 Å². The van der Waals surface area contributed by atoms with Crippen LogP contribution in [0.1, 0.15) is 41.9 Å². The molecule has 134 valence electrons. The second-order valence-corrected chi connectivity index (χ2v) is 7.93. The Labute approximate surface area is 150 Å². The van der Waals surface area contributed by atoms with Gasteiger partial charge in [-0.15, -0.1) is 11.3 Å². The summed E-state index contributed by atoms with van der Waals surface area (Å²) in [5.74, 6) is -3.20. The van der Waals surface area contributed by atoms with Gasteiger partial charge in [-0.25, -0.2) is 0 Å². The Balaban J connectivity index is 1.75. The van der Waals surface area contributed by atoms with Crippen LogP contribution in [0.3, 0.4) is 0 Å². The van der Waals surface area contributed by atoms with Crippen molar-refractivity contribution < 1.29 is 19.5 Å². The van der Waals surface area contributed by atoms with Gasteiger partial charge >= 0.3 is 5.97 Å². The lowest BCUT2D eigenvalue weighted by molar-refractivity contribution is -0.149. The third-order valence-corrected chi connectivity index (χ3v) is 6.39. The summed E-state index contributed by atoms with van der Waals surface area (Å²) < 4.78 is 0. The second-order valence-electron chi connectivity index (χ2n) is 7.01. The summed E-state index contributed by atoms with van der Waals surface area (Å²) in [6.07, 6.45) is 1.64. The molecule has 2 saturated carbocycles. The van der Waals surface area contributed by atoms with Crippen LogP contribution in [-0.4, -0.2) is 22.9 Å². The summed E-state index contributed by atoms with van der Waals surface area (Å²) in [6, 6.07) is 1.83. The number of carboxylic acids is 1. The molecule has 4 atom stereocenters. The number of allylic oxidation sites excluding steroid dienone is 2. The number of rotatable bonds is 3. The Hall–Kier alpha value is -2.15.